The molecule has 5 aromatic rings. The summed E-state index contributed by atoms with van der Waals surface area (Å²) >= 11 is 3.18. The summed E-state index contributed by atoms with van der Waals surface area (Å²) < 4.78 is 7.25. The van der Waals surface area contributed by atoms with Crippen LogP contribution in [0.5, 0.6) is 0 Å². The van der Waals surface area contributed by atoms with Crippen LogP contribution in [-0.4, -0.2) is 49.0 Å². The molecule has 1 N–H and O–H groups in total. The van der Waals surface area contributed by atoms with Crippen LogP contribution in [0.2, 0.25) is 0 Å². The number of hydrogen-bond donors (Lipinski definition) is 1. The maximum absolute atomic E-state index is 12.4. The van der Waals surface area contributed by atoms with Gasteiger partial charge in [0, 0.05) is 16.2 Å². The Morgan fingerprint density at radius 1 is 1.14 bits per heavy atom. The van der Waals surface area contributed by atoms with Gasteiger partial charge in [0.2, 0.25) is 0 Å². The molecule has 0 amide bonds. The van der Waals surface area contributed by atoms with Gasteiger partial charge in [0.1, 0.15) is 10.4 Å². The van der Waals surface area contributed by atoms with Crippen molar-refractivity contribution in [1.29, 1.82) is 0 Å². The number of benzene rings is 2. The van der Waals surface area contributed by atoms with Crippen LogP contribution in [0.25, 0.3) is 33.5 Å². The maximum atomic E-state index is 12.4. The fourth-order valence-electron chi connectivity index (χ4n) is 4.18. The van der Waals surface area contributed by atoms with Crippen molar-refractivity contribution in [3.8, 4) is 22.5 Å². The number of nitrogens with zero attached hydrogens (tertiary/aromatic N) is 5. The number of unbranched alkanes of at least 4 members (excludes halogenated alkanes) is 1. The highest BCUT2D eigenvalue weighted by Gasteiger charge is 2.23. The highest BCUT2D eigenvalue weighted by atomic mass is 32.2. The second-order valence-electron chi connectivity index (χ2n) is 8.35. The molecule has 0 bridgehead atoms. The molecular formula is C26H26N6O2S2. The summed E-state index contributed by atoms with van der Waals surface area (Å²) in [5.74, 6) is 1.29. The molecule has 3 heterocycles. The number of aromatic amines is 1. The number of fused-ring (bicyclic) bond motifs is 1. The molecule has 0 saturated heterocycles. The largest absolute Gasteiger partial charge is 0.465 e. The number of H-pyrrole nitrogens is 1. The average molecular weight is 519 g/mol. The minimum Gasteiger partial charge on any atom is -0.465 e. The van der Waals surface area contributed by atoms with Crippen LogP contribution in [0.4, 0.5) is 0 Å². The molecule has 8 nitrogen and oxygen atoms in total. The molecule has 5 rings (SSSR count). The number of thioether (sulfide) groups is 1. The first-order valence-electron chi connectivity index (χ1n) is 11.7. The second kappa shape index (κ2) is 10.6. The SMILES string of the molecule is CCCCSc1nc2c(C(=O)OC)sc(C)c2n1Cc1ccc(-c2ccccc2-c2nnn[nH]2)cc1. The van der Waals surface area contributed by atoms with Gasteiger partial charge in [0.25, 0.3) is 0 Å². The van der Waals surface area contributed by atoms with Crippen molar-refractivity contribution < 1.29 is 9.53 Å². The molecule has 0 aliphatic carbocycles. The third kappa shape index (κ3) is 4.66. The third-order valence-corrected chi connectivity index (χ3v) is 8.10. The van der Waals surface area contributed by atoms with Gasteiger partial charge in [-0.3, -0.25) is 0 Å². The summed E-state index contributed by atoms with van der Waals surface area (Å²) in [4.78, 5) is 18.9. The van der Waals surface area contributed by atoms with Crippen LogP contribution in [0.3, 0.4) is 0 Å². The number of carbonyl (C=O) groups excluding carboxylic acids is 1. The number of thiophene rings is 1. The van der Waals surface area contributed by atoms with E-state index in [2.05, 4.69) is 62.4 Å². The first-order valence-corrected chi connectivity index (χ1v) is 13.5. The van der Waals surface area contributed by atoms with Crippen molar-refractivity contribution in [2.75, 3.05) is 12.9 Å². The standard InChI is InChI=1S/C26H26N6O2S2/c1-4-5-14-35-26-27-21-22(16(2)36-23(21)25(33)34-3)32(26)15-17-10-12-18(13-11-17)19-8-6-7-9-20(19)24-28-30-31-29-24/h6-13H,4-5,14-15H2,1-3H3,(H,28,29,30,31). The number of aryl methyl sites for hydroxylation is 1. The van der Waals surface area contributed by atoms with Gasteiger partial charge < -0.3 is 9.30 Å². The molecular weight excluding hydrogens is 492 g/mol. The van der Waals surface area contributed by atoms with Gasteiger partial charge in [0.15, 0.2) is 11.0 Å². The van der Waals surface area contributed by atoms with Crippen molar-refractivity contribution in [2.45, 2.75) is 38.4 Å². The molecule has 0 aliphatic heterocycles. The Labute approximate surface area is 217 Å². The van der Waals surface area contributed by atoms with Gasteiger partial charge in [-0.15, -0.1) is 16.4 Å². The number of methoxy groups -OCH3 is 1. The van der Waals surface area contributed by atoms with E-state index in [4.69, 9.17) is 9.72 Å². The minimum atomic E-state index is -0.335. The zero-order chi connectivity index (χ0) is 25.1. The summed E-state index contributed by atoms with van der Waals surface area (Å²) in [5, 5.41) is 15.3. The highest BCUT2D eigenvalue weighted by Crippen LogP contribution is 2.36. The van der Waals surface area contributed by atoms with Crippen molar-refractivity contribution in [3.63, 3.8) is 0 Å². The zero-order valence-corrected chi connectivity index (χ0v) is 21.9. The fourth-order valence-corrected chi connectivity index (χ4v) is 6.28. The van der Waals surface area contributed by atoms with Gasteiger partial charge in [-0.25, -0.2) is 14.9 Å². The first kappa shape index (κ1) is 24.2. The molecule has 2 aromatic carbocycles. The van der Waals surface area contributed by atoms with E-state index in [0.717, 1.165) is 61.9 Å². The molecule has 10 heteroatoms. The van der Waals surface area contributed by atoms with Crippen LogP contribution in [0, 0.1) is 6.92 Å². The topological polar surface area (TPSA) is 98.6 Å². The van der Waals surface area contributed by atoms with Crippen molar-refractivity contribution >= 4 is 40.1 Å². The van der Waals surface area contributed by atoms with Crippen LogP contribution in [-0.2, 0) is 11.3 Å². The van der Waals surface area contributed by atoms with Crippen molar-refractivity contribution in [3.05, 3.63) is 63.8 Å². The third-order valence-electron chi connectivity index (χ3n) is 5.97. The summed E-state index contributed by atoms with van der Waals surface area (Å²) in [7, 11) is 1.41. The van der Waals surface area contributed by atoms with Crippen LogP contribution in [0.15, 0.2) is 53.7 Å². The zero-order valence-electron chi connectivity index (χ0n) is 20.3. The van der Waals surface area contributed by atoms with Gasteiger partial charge >= 0.3 is 5.97 Å². The van der Waals surface area contributed by atoms with E-state index in [0.29, 0.717) is 17.2 Å². The van der Waals surface area contributed by atoms with Crippen molar-refractivity contribution in [2.24, 2.45) is 0 Å². The predicted octanol–water partition coefficient (Wildman–Crippen LogP) is 5.98. The van der Waals surface area contributed by atoms with Crippen LogP contribution < -0.4 is 0 Å². The lowest BCUT2D eigenvalue weighted by Crippen LogP contribution is -2.02. The summed E-state index contributed by atoms with van der Waals surface area (Å²) in [6.45, 7) is 4.89. The fraction of sp³-hybridized carbons (Fsp3) is 0.269. The van der Waals surface area contributed by atoms with E-state index >= 15 is 0 Å². The summed E-state index contributed by atoms with van der Waals surface area (Å²) in [6.07, 6.45) is 2.24. The molecule has 0 spiro atoms. The van der Waals surface area contributed by atoms with Gasteiger partial charge in [-0.05, 0) is 40.5 Å². The molecule has 3 aromatic heterocycles. The smallest absolute Gasteiger partial charge is 0.350 e. The number of imidazole rings is 1. The van der Waals surface area contributed by atoms with E-state index in [9.17, 15) is 4.79 Å². The molecule has 0 saturated carbocycles. The Balaban J connectivity index is 1.49. The summed E-state index contributed by atoms with van der Waals surface area (Å²) in [6, 6.07) is 16.6. The number of rotatable bonds is 9. The van der Waals surface area contributed by atoms with E-state index < -0.39 is 0 Å². The maximum Gasteiger partial charge on any atom is 0.350 e. The number of nitrogens with one attached hydrogen (secondary N) is 1. The predicted molar refractivity (Wildman–Crippen MR) is 143 cm³/mol. The number of hydrogen-bond acceptors (Lipinski definition) is 8. The van der Waals surface area contributed by atoms with Gasteiger partial charge in [-0.1, -0.05) is 73.6 Å². The number of ether oxygens (including phenoxy) is 1. The quantitative estimate of drug-likeness (QED) is 0.146. The normalized spacial score (nSPS) is 11.3. The Morgan fingerprint density at radius 3 is 2.61 bits per heavy atom. The van der Waals surface area contributed by atoms with E-state index in [1.54, 1.807) is 11.8 Å². The van der Waals surface area contributed by atoms with Crippen LogP contribution >= 0.6 is 23.1 Å². The Bertz CT molecular complexity index is 1490. The first-order chi connectivity index (χ1) is 17.6. The monoisotopic (exact) mass is 518 g/mol. The van der Waals surface area contributed by atoms with Crippen molar-refractivity contribution in [1.82, 2.24) is 30.2 Å². The number of carbonyl (C=O) groups is 1. The van der Waals surface area contributed by atoms with E-state index in [-0.39, 0.29) is 5.97 Å². The molecule has 0 radical (unpaired) electrons. The molecule has 0 aliphatic rings. The molecule has 36 heavy (non-hydrogen) atoms. The Morgan fingerprint density at radius 2 is 1.92 bits per heavy atom. The summed E-state index contributed by atoms with van der Waals surface area (Å²) in [5.41, 5.74) is 5.98. The second-order valence-corrected chi connectivity index (χ2v) is 10.6. The average Bonchev–Trinajstić information content (AvgIpc) is 3.63. The molecule has 184 valence electrons. The Kier molecular flexibility index (Phi) is 7.15. The van der Waals surface area contributed by atoms with Gasteiger partial charge in [-0.2, -0.15) is 0 Å². The number of esters is 1. The Hall–Kier alpha value is -3.50. The molecule has 0 atom stereocenters. The minimum absolute atomic E-state index is 0.335. The van der Waals surface area contributed by atoms with E-state index in [1.165, 1.54) is 18.4 Å². The number of tetrazole rings is 1. The lowest BCUT2D eigenvalue weighted by molar-refractivity contribution is 0.0608. The molecule has 0 unspecified atom stereocenters. The van der Waals surface area contributed by atoms with E-state index in [1.807, 2.05) is 25.1 Å². The molecule has 0 fully saturated rings. The lowest BCUT2D eigenvalue weighted by Gasteiger charge is -2.11. The lowest BCUT2D eigenvalue weighted by atomic mass is 9.98. The van der Waals surface area contributed by atoms with Gasteiger partial charge in [0.05, 0.1) is 19.2 Å². The number of aromatic nitrogens is 6. The van der Waals surface area contributed by atoms with Crippen LogP contribution in [0.1, 0.15) is 39.9 Å². The highest BCUT2D eigenvalue weighted by molar-refractivity contribution is 7.99.